The van der Waals surface area contributed by atoms with E-state index in [1.54, 1.807) is 14.2 Å². The van der Waals surface area contributed by atoms with Crippen molar-refractivity contribution in [1.82, 2.24) is 14.5 Å². The number of methoxy groups -OCH3 is 2. The van der Waals surface area contributed by atoms with Gasteiger partial charge in [0.05, 0.1) is 20.3 Å². The highest BCUT2D eigenvalue weighted by atomic mass is 32.3. The number of benzene rings is 2. The lowest BCUT2D eigenvalue weighted by molar-refractivity contribution is 0.0689. The second-order valence-electron chi connectivity index (χ2n) is 10.5. The van der Waals surface area contributed by atoms with E-state index in [1.165, 1.54) is 11.8 Å². The lowest BCUT2D eigenvalue weighted by Crippen LogP contribution is -2.46. The number of carbonyl (C=O) groups is 1. The van der Waals surface area contributed by atoms with E-state index >= 15 is 0 Å². The molecule has 1 fully saturated rings. The Morgan fingerprint density at radius 3 is 2.54 bits per heavy atom. The van der Waals surface area contributed by atoms with Gasteiger partial charge in [0.25, 0.3) is 5.91 Å². The van der Waals surface area contributed by atoms with E-state index in [9.17, 15) is 13.2 Å². The molecule has 2 atom stereocenters. The first kappa shape index (κ1) is 29.8. The molecule has 1 amide bonds. The largest absolute Gasteiger partial charge is 0.493 e. The summed E-state index contributed by atoms with van der Waals surface area (Å²) in [5.41, 5.74) is 3.88. The summed E-state index contributed by atoms with van der Waals surface area (Å²) in [7, 11) is -0.216. The Labute approximate surface area is 247 Å². The Balaban J connectivity index is 1.37. The van der Waals surface area contributed by atoms with E-state index in [0.29, 0.717) is 43.9 Å². The summed E-state index contributed by atoms with van der Waals surface area (Å²) < 4.78 is 38.8. The molecule has 3 aliphatic rings. The number of rotatable bonds is 12. The fraction of sp³-hybridized carbons (Fsp3) is 0.500. The number of thioether (sulfide) groups is 1. The van der Waals surface area contributed by atoms with E-state index in [0.717, 1.165) is 55.1 Å². The number of hydrogen-bond acceptors (Lipinski definition) is 8. The first-order chi connectivity index (χ1) is 19.9. The van der Waals surface area contributed by atoms with Gasteiger partial charge in [0, 0.05) is 56.1 Å². The van der Waals surface area contributed by atoms with Crippen molar-refractivity contribution in [2.45, 2.75) is 43.4 Å². The summed E-state index contributed by atoms with van der Waals surface area (Å²) in [5.74, 6) is 1.22. The van der Waals surface area contributed by atoms with Crippen molar-refractivity contribution >= 4 is 33.4 Å². The molecule has 1 N–H and O–H groups in total. The van der Waals surface area contributed by atoms with Crippen LogP contribution in [0, 0.1) is 0 Å². The number of nitrogens with one attached hydrogen (secondary N) is 1. The molecule has 0 spiro atoms. The molecule has 0 aromatic heterocycles. The lowest BCUT2D eigenvalue weighted by atomic mass is 9.99. The van der Waals surface area contributed by atoms with Crippen LogP contribution >= 0.6 is 11.8 Å². The molecule has 5 rings (SSSR count). The predicted molar refractivity (Wildman–Crippen MR) is 164 cm³/mol. The van der Waals surface area contributed by atoms with E-state index in [4.69, 9.17) is 9.47 Å². The van der Waals surface area contributed by atoms with Gasteiger partial charge in [0.1, 0.15) is 4.58 Å². The highest BCUT2D eigenvalue weighted by Crippen LogP contribution is 2.40. The van der Waals surface area contributed by atoms with Crippen LogP contribution in [-0.2, 0) is 16.6 Å². The molecule has 0 bridgehead atoms. The standard InChI is InChI=1S/C30H40N4O5S2/c1-4-32-15-17-33(18-16-32)26-9-5-8-23-24(26)21-34(30(23)35)25(22-12-13-27(38-2)28(20-22)39-3)10-6-14-31-41(36,37)29-11-7-19-40-29/h5,7-9,12-13,19-20,25,29,31H,4,6,10-11,14-18,21H2,1-3H3/t25-,29?/m1/s1. The number of nitrogens with zero attached hydrogens (tertiary/aromatic N) is 3. The topological polar surface area (TPSA) is 91.4 Å². The second-order valence-corrected chi connectivity index (χ2v) is 13.9. The average Bonchev–Trinajstić information content (AvgIpc) is 3.66. The zero-order valence-electron chi connectivity index (χ0n) is 24.0. The van der Waals surface area contributed by atoms with Crippen LogP contribution in [0.4, 0.5) is 5.69 Å². The third-order valence-corrected chi connectivity index (χ3v) is 11.7. The number of allylic oxidation sites excluding steroid dienone is 1. The van der Waals surface area contributed by atoms with Gasteiger partial charge >= 0.3 is 0 Å². The number of sulfonamides is 1. The summed E-state index contributed by atoms with van der Waals surface area (Å²) in [6.07, 6.45) is 3.58. The maximum Gasteiger partial charge on any atom is 0.255 e. The van der Waals surface area contributed by atoms with Gasteiger partial charge in [-0.25, -0.2) is 13.1 Å². The van der Waals surface area contributed by atoms with Crippen molar-refractivity contribution in [2.75, 3.05) is 58.4 Å². The lowest BCUT2D eigenvalue weighted by Gasteiger charge is -2.36. The van der Waals surface area contributed by atoms with E-state index in [-0.39, 0.29) is 11.9 Å². The summed E-state index contributed by atoms with van der Waals surface area (Å²) in [5, 5.41) is 1.84. The average molecular weight is 601 g/mol. The normalized spacial score (nSPS) is 20.0. The molecule has 2 aromatic rings. The van der Waals surface area contributed by atoms with Gasteiger partial charge in [0.15, 0.2) is 11.5 Å². The van der Waals surface area contributed by atoms with Crippen LogP contribution in [0.5, 0.6) is 11.5 Å². The quantitative estimate of drug-likeness (QED) is 0.362. The molecule has 9 nitrogen and oxygen atoms in total. The Morgan fingerprint density at radius 2 is 1.85 bits per heavy atom. The molecular weight excluding hydrogens is 560 g/mol. The van der Waals surface area contributed by atoms with Crippen molar-refractivity contribution in [2.24, 2.45) is 0 Å². The Morgan fingerprint density at radius 1 is 1.07 bits per heavy atom. The molecule has 0 radical (unpaired) electrons. The first-order valence-corrected chi connectivity index (χ1v) is 16.8. The first-order valence-electron chi connectivity index (χ1n) is 14.3. The molecular formula is C30H40N4O5S2. The number of fused-ring (bicyclic) bond motifs is 1. The van der Waals surface area contributed by atoms with Crippen molar-refractivity contribution in [3.8, 4) is 11.5 Å². The number of amides is 1. The molecule has 222 valence electrons. The summed E-state index contributed by atoms with van der Waals surface area (Å²) in [6, 6.07) is 11.5. The molecule has 2 aromatic carbocycles. The maximum atomic E-state index is 13.9. The third kappa shape index (κ3) is 6.38. The second kappa shape index (κ2) is 13.1. The van der Waals surface area contributed by atoms with Gasteiger partial charge in [-0.05, 0) is 61.0 Å². The van der Waals surface area contributed by atoms with Crippen molar-refractivity contribution in [3.05, 3.63) is 64.6 Å². The van der Waals surface area contributed by atoms with Crippen LogP contribution in [0.1, 0.15) is 53.7 Å². The number of hydrogen-bond donors (Lipinski definition) is 1. The molecule has 3 heterocycles. The zero-order chi connectivity index (χ0) is 29.0. The number of carbonyl (C=O) groups excluding carboxylic acids is 1. The number of anilines is 1. The Kier molecular flexibility index (Phi) is 9.48. The van der Waals surface area contributed by atoms with Crippen LogP contribution < -0.4 is 19.1 Å². The highest BCUT2D eigenvalue weighted by Gasteiger charge is 2.36. The molecule has 1 unspecified atom stereocenters. The van der Waals surface area contributed by atoms with Gasteiger partial charge in [-0.15, -0.1) is 11.8 Å². The van der Waals surface area contributed by atoms with Crippen LogP contribution in [-0.4, -0.2) is 82.2 Å². The Bertz CT molecular complexity index is 1370. The molecule has 1 saturated heterocycles. The molecule has 3 aliphatic heterocycles. The van der Waals surface area contributed by atoms with Gasteiger partial charge in [-0.2, -0.15) is 0 Å². The third-order valence-electron chi connectivity index (χ3n) is 8.26. The van der Waals surface area contributed by atoms with Crippen LogP contribution in [0.2, 0.25) is 0 Å². The summed E-state index contributed by atoms with van der Waals surface area (Å²) in [4.78, 5) is 20.7. The van der Waals surface area contributed by atoms with Gasteiger partial charge in [-0.3, -0.25) is 4.79 Å². The summed E-state index contributed by atoms with van der Waals surface area (Å²) in [6.45, 7) is 7.95. The predicted octanol–water partition coefficient (Wildman–Crippen LogP) is 4.22. The molecule has 0 saturated carbocycles. The monoisotopic (exact) mass is 600 g/mol. The van der Waals surface area contributed by atoms with Crippen LogP contribution in [0.3, 0.4) is 0 Å². The minimum atomic E-state index is -3.42. The molecule has 0 aliphatic carbocycles. The van der Waals surface area contributed by atoms with Crippen LogP contribution in [0.25, 0.3) is 0 Å². The molecule has 11 heteroatoms. The zero-order valence-corrected chi connectivity index (χ0v) is 25.7. The SMILES string of the molecule is CCN1CCN(c2cccc3c2CN([C@H](CCCNS(=O)(=O)C2CC=CS2)c2ccc(OC)c(OC)c2)C3=O)CC1. The number of ether oxygens (including phenoxy) is 2. The van der Waals surface area contributed by atoms with E-state index < -0.39 is 14.6 Å². The highest BCUT2D eigenvalue weighted by molar-refractivity contribution is 8.14. The Hall–Kier alpha value is -2.73. The van der Waals surface area contributed by atoms with Crippen molar-refractivity contribution < 1.29 is 22.7 Å². The minimum Gasteiger partial charge on any atom is -0.493 e. The van der Waals surface area contributed by atoms with E-state index in [1.807, 2.05) is 46.7 Å². The number of piperazine rings is 1. The maximum absolute atomic E-state index is 13.9. The van der Waals surface area contributed by atoms with Crippen LogP contribution in [0.15, 0.2) is 47.9 Å². The van der Waals surface area contributed by atoms with Crippen molar-refractivity contribution in [3.63, 3.8) is 0 Å². The van der Waals surface area contributed by atoms with Gasteiger partial charge < -0.3 is 24.2 Å². The number of likely N-dealkylation sites (N-methyl/N-ethyl adjacent to an activating group) is 1. The smallest absolute Gasteiger partial charge is 0.255 e. The summed E-state index contributed by atoms with van der Waals surface area (Å²) >= 11 is 1.33. The fourth-order valence-electron chi connectivity index (χ4n) is 5.92. The minimum absolute atomic E-state index is 0.00263. The van der Waals surface area contributed by atoms with Crippen molar-refractivity contribution in [1.29, 1.82) is 0 Å². The van der Waals surface area contributed by atoms with Gasteiger partial charge in [-0.1, -0.05) is 25.1 Å². The van der Waals surface area contributed by atoms with E-state index in [2.05, 4.69) is 27.5 Å². The molecule has 41 heavy (non-hydrogen) atoms. The van der Waals surface area contributed by atoms with Gasteiger partial charge in [0.2, 0.25) is 10.0 Å². The fourth-order valence-corrected chi connectivity index (χ4v) is 8.50.